The van der Waals surface area contributed by atoms with Gasteiger partial charge in [0.1, 0.15) is 5.75 Å². The molecule has 2 aromatic rings. The lowest BCUT2D eigenvalue weighted by molar-refractivity contribution is 0.0940. The molecule has 1 amide bonds. The van der Waals surface area contributed by atoms with Crippen molar-refractivity contribution in [3.63, 3.8) is 0 Å². The largest absolute Gasteiger partial charge is 0.494 e. The van der Waals surface area contributed by atoms with Crippen LogP contribution in [0.3, 0.4) is 0 Å². The first-order valence-electron chi connectivity index (χ1n) is 6.89. The van der Waals surface area contributed by atoms with Gasteiger partial charge >= 0.3 is 0 Å². The normalized spacial score (nSPS) is 11.8. The molecule has 0 saturated carbocycles. The maximum absolute atomic E-state index is 12.2. The number of carbonyl (C=O) groups is 1. The molecular formula is C17H18BrNO2. The van der Waals surface area contributed by atoms with Crippen molar-refractivity contribution in [1.29, 1.82) is 0 Å². The Labute approximate surface area is 133 Å². The van der Waals surface area contributed by atoms with Gasteiger partial charge < -0.3 is 10.1 Å². The Hall–Kier alpha value is -1.81. The summed E-state index contributed by atoms with van der Waals surface area (Å²) < 4.78 is 6.30. The summed E-state index contributed by atoms with van der Waals surface area (Å²) in [4.78, 5) is 12.2. The lowest BCUT2D eigenvalue weighted by Gasteiger charge is -2.15. The molecular weight excluding hydrogens is 330 g/mol. The highest BCUT2D eigenvalue weighted by Gasteiger charge is 2.11. The van der Waals surface area contributed by atoms with E-state index in [0.717, 1.165) is 15.8 Å². The fourth-order valence-electron chi connectivity index (χ4n) is 2.01. The lowest BCUT2D eigenvalue weighted by atomic mass is 10.1. The number of amides is 1. The molecule has 21 heavy (non-hydrogen) atoms. The molecule has 0 heterocycles. The zero-order valence-electron chi connectivity index (χ0n) is 12.1. The van der Waals surface area contributed by atoms with Gasteiger partial charge in [0.25, 0.3) is 5.91 Å². The van der Waals surface area contributed by atoms with Crippen LogP contribution in [-0.2, 0) is 0 Å². The molecule has 0 radical (unpaired) electrons. The average molecular weight is 348 g/mol. The minimum atomic E-state index is -0.0855. The fraction of sp³-hybridized carbons (Fsp3) is 0.235. The van der Waals surface area contributed by atoms with E-state index in [-0.39, 0.29) is 11.9 Å². The molecule has 0 bridgehead atoms. The molecule has 0 aliphatic rings. The molecule has 2 rings (SSSR count). The smallest absolute Gasteiger partial charge is 0.251 e. The molecule has 0 saturated heterocycles. The van der Waals surface area contributed by atoms with Gasteiger partial charge in [0.15, 0.2) is 0 Å². The van der Waals surface area contributed by atoms with Crippen LogP contribution in [0.15, 0.2) is 53.0 Å². The third kappa shape index (κ3) is 4.33. The van der Waals surface area contributed by atoms with Crippen LogP contribution in [0.1, 0.15) is 35.8 Å². The number of halogens is 1. The highest BCUT2D eigenvalue weighted by atomic mass is 79.9. The first kappa shape index (κ1) is 15.6. The van der Waals surface area contributed by atoms with Crippen molar-refractivity contribution in [3.8, 4) is 5.75 Å². The van der Waals surface area contributed by atoms with Gasteiger partial charge in [0, 0.05) is 10.0 Å². The quantitative estimate of drug-likeness (QED) is 0.873. The standard InChI is InChI=1S/C17H18BrNO2/c1-3-21-16-9-7-13(8-10-16)12(2)19-17(20)14-5-4-6-15(18)11-14/h4-12H,3H2,1-2H3,(H,19,20). The van der Waals surface area contributed by atoms with Crippen molar-refractivity contribution in [2.75, 3.05) is 6.61 Å². The summed E-state index contributed by atoms with van der Waals surface area (Å²) in [6.45, 7) is 4.56. The van der Waals surface area contributed by atoms with Crippen LogP contribution in [-0.4, -0.2) is 12.5 Å². The summed E-state index contributed by atoms with van der Waals surface area (Å²) in [7, 11) is 0. The van der Waals surface area contributed by atoms with Crippen molar-refractivity contribution in [3.05, 3.63) is 64.1 Å². The van der Waals surface area contributed by atoms with Gasteiger partial charge in [-0.25, -0.2) is 0 Å². The highest BCUT2D eigenvalue weighted by Crippen LogP contribution is 2.18. The predicted molar refractivity (Wildman–Crippen MR) is 87.6 cm³/mol. The van der Waals surface area contributed by atoms with Gasteiger partial charge in [-0.05, 0) is 49.7 Å². The van der Waals surface area contributed by atoms with Crippen molar-refractivity contribution < 1.29 is 9.53 Å². The van der Waals surface area contributed by atoms with Crippen LogP contribution >= 0.6 is 15.9 Å². The Morgan fingerprint density at radius 2 is 1.95 bits per heavy atom. The van der Waals surface area contributed by atoms with Gasteiger partial charge in [0.05, 0.1) is 12.6 Å². The number of benzene rings is 2. The topological polar surface area (TPSA) is 38.3 Å². The summed E-state index contributed by atoms with van der Waals surface area (Å²) in [6.07, 6.45) is 0. The Bertz CT molecular complexity index is 610. The van der Waals surface area contributed by atoms with Crippen molar-refractivity contribution in [2.45, 2.75) is 19.9 Å². The van der Waals surface area contributed by atoms with E-state index in [1.807, 2.05) is 50.2 Å². The molecule has 1 N–H and O–H groups in total. The Balaban J connectivity index is 2.03. The van der Waals surface area contributed by atoms with Crippen LogP contribution in [0.4, 0.5) is 0 Å². The second kappa shape index (κ2) is 7.27. The molecule has 0 aromatic heterocycles. The number of hydrogen-bond acceptors (Lipinski definition) is 2. The third-order valence-corrected chi connectivity index (χ3v) is 3.62. The highest BCUT2D eigenvalue weighted by molar-refractivity contribution is 9.10. The van der Waals surface area contributed by atoms with Crippen LogP contribution in [0.2, 0.25) is 0 Å². The average Bonchev–Trinajstić information content (AvgIpc) is 2.48. The van der Waals surface area contributed by atoms with Crippen molar-refractivity contribution in [1.82, 2.24) is 5.32 Å². The maximum Gasteiger partial charge on any atom is 0.251 e. The zero-order valence-corrected chi connectivity index (χ0v) is 13.7. The van der Waals surface area contributed by atoms with Crippen LogP contribution in [0.25, 0.3) is 0 Å². The molecule has 4 heteroatoms. The second-order valence-electron chi connectivity index (χ2n) is 4.71. The summed E-state index contributed by atoms with van der Waals surface area (Å²) in [5, 5.41) is 2.99. The number of carbonyl (C=O) groups excluding carboxylic acids is 1. The summed E-state index contributed by atoms with van der Waals surface area (Å²) in [5.41, 5.74) is 1.68. The first-order valence-corrected chi connectivity index (χ1v) is 7.68. The Kier molecular flexibility index (Phi) is 5.39. The van der Waals surface area contributed by atoms with E-state index in [1.165, 1.54) is 0 Å². The summed E-state index contributed by atoms with van der Waals surface area (Å²) in [5.74, 6) is 0.754. The van der Waals surface area contributed by atoms with Crippen LogP contribution in [0, 0.1) is 0 Å². The molecule has 3 nitrogen and oxygen atoms in total. The first-order chi connectivity index (χ1) is 10.1. The van der Waals surface area contributed by atoms with Gasteiger partial charge in [-0.15, -0.1) is 0 Å². The zero-order chi connectivity index (χ0) is 15.2. The minimum Gasteiger partial charge on any atom is -0.494 e. The number of rotatable bonds is 5. The number of nitrogens with one attached hydrogen (secondary N) is 1. The molecule has 2 aromatic carbocycles. The predicted octanol–water partition coefficient (Wildman–Crippen LogP) is 4.34. The molecule has 0 spiro atoms. The van der Waals surface area contributed by atoms with Crippen LogP contribution in [0.5, 0.6) is 5.75 Å². The van der Waals surface area contributed by atoms with Gasteiger partial charge in [-0.3, -0.25) is 4.79 Å². The van der Waals surface area contributed by atoms with E-state index in [1.54, 1.807) is 12.1 Å². The Morgan fingerprint density at radius 3 is 2.57 bits per heavy atom. The minimum absolute atomic E-state index is 0.0628. The molecule has 0 aliphatic carbocycles. The fourth-order valence-corrected chi connectivity index (χ4v) is 2.41. The van der Waals surface area contributed by atoms with E-state index >= 15 is 0 Å². The lowest BCUT2D eigenvalue weighted by Crippen LogP contribution is -2.26. The summed E-state index contributed by atoms with van der Waals surface area (Å²) in [6, 6.07) is 15.1. The van der Waals surface area contributed by atoms with Gasteiger partial charge in [0.2, 0.25) is 0 Å². The number of ether oxygens (including phenoxy) is 1. The molecule has 0 aliphatic heterocycles. The third-order valence-electron chi connectivity index (χ3n) is 3.13. The molecule has 110 valence electrons. The SMILES string of the molecule is CCOc1ccc(C(C)NC(=O)c2cccc(Br)c2)cc1. The van der Waals surface area contributed by atoms with E-state index in [4.69, 9.17) is 4.74 Å². The number of hydrogen-bond donors (Lipinski definition) is 1. The molecule has 0 fully saturated rings. The van der Waals surface area contributed by atoms with E-state index in [0.29, 0.717) is 12.2 Å². The molecule has 1 unspecified atom stereocenters. The van der Waals surface area contributed by atoms with Crippen molar-refractivity contribution in [2.24, 2.45) is 0 Å². The van der Waals surface area contributed by atoms with Gasteiger partial charge in [-0.2, -0.15) is 0 Å². The van der Waals surface area contributed by atoms with Crippen molar-refractivity contribution >= 4 is 21.8 Å². The van der Waals surface area contributed by atoms with Crippen LogP contribution < -0.4 is 10.1 Å². The monoisotopic (exact) mass is 347 g/mol. The van der Waals surface area contributed by atoms with E-state index < -0.39 is 0 Å². The maximum atomic E-state index is 12.2. The van der Waals surface area contributed by atoms with E-state index in [2.05, 4.69) is 21.2 Å². The second-order valence-corrected chi connectivity index (χ2v) is 5.62. The van der Waals surface area contributed by atoms with Gasteiger partial charge in [-0.1, -0.05) is 34.1 Å². The summed E-state index contributed by atoms with van der Waals surface area (Å²) >= 11 is 3.37. The molecule has 1 atom stereocenters. The Morgan fingerprint density at radius 1 is 1.24 bits per heavy atom. The van der Waals surface area contributed by atoms with E-state index in [9.17, 15) is 4.79 Å².